The van der Waals surface area contributed by atoms with Gasteiger partial charge in [0.15, 0.2) is 5.75 Å². The second kappa shape index (κ2) is 5.50. The van der Waals surface area contributed by atoms with Crippen LogP contribution in [0.1, 0.15) is 6.92 Å². The van der Waals surface area contributed by atoms with E-state index in [0.717, 1.165) is 12.2 Å². The van der Waals surface area contributed by atoms with E-state index in [1.54, 1.807) is 6.07 Å². The molecule has 0 spiro atoms. The SMILES string of the molecule is CCNc1ccccc1Oc1cc(Cl)ncn1. The molecule has 4 nitrogen and oxygen atoms in total. The minimum atomic E-state index is 0.357. The summed E-state index contributed by atoms with van der Waals surface area (Å²) in [5, 5.41) is 3.57. The predicted molar refractivity (Wildman–Crippen MR) is 67.7 cm³/mol. The van der Waals surface area contributed by atoms with Crippen LogP contribution in [0.25, 0.3) is 0 Å². The van der Waals surface area contributed by atoms with E-state index in [9.17, 15) is 0 Å². The molecule has 0 saturated carbocycles. The summed E-state index contributed by atoms with van der Waals surface area (Å²) in [4.78, 5) is 7.79. The quantitative estimate of drug-likeness (QED) is 0.844. The zero-order valence-corrected chi connectivity index (χ0v) is 10.1. The first-order chi connectivity index (χ1) is 8.29. The lowest BCUT2D eigenvalue weighted by Gasteiger charge is -2.10. The van der Waals surface area contributed by atoms with Crippen molar-refractivity contribution in [3.63, 3.8) is 0 Å². The molecule has 0 unspecified atom stereocenters. The molecule has 0 aliphatic rings. The first kappa shape index (κ1) is 11.7. The summed E-state index contributed by atoms with van der Waals surface area (Å²) in [5.74, 6) is 1.14. The van der Waals surface area contributed by atoms with Crippen molar-refractivity contribution in [2.24, 2.45) is 0 Å². The molecule has 5 heteroatoms. The third kappa shape index (κ3) is 3.07. The largest absolute Gasteiger partial charge is 0.437 e. The highest BCUT2D eigenvalue weighted by molar-refractivity contribution is 6.29. The Labute approximate surface area is 105 Å². The lowest BCUT2D eigenvalue weighted by molar-refractivity contribution is 0.463. The van der Waals surface area contributed by atoms with Crippen LogP contribution in [0.4, 0.5) is 5.69 Å². The van der Waals surface area contributed by atoms with E-state index in [0.29, 0.717) is 16.8 Å². The number of halogens is 1. The van der Waals surface area contributed by atoms with E-state index in [-0.39, 0.29) is 0 Å². The molecule has 2 aromatic rings. The Hall–Kier alpha value is -1.81. The summed E-state index contributed by atoms with van der Waals surface area (Å²) in [6.07, 6.45) is 1.37. The number of nitrogens with zero attached hydrogens (tertiary/aromatic N) is 2. The average Bonchev–Trinajstić information content (AvgIpc) is 2.32. The van der Waals surface area contributed by atoms with Crippen molar-refractivity contribution in [2.75, 3.05) is 11.9 Å². The van der Waals surface area contributed by atoms with Gasteiger partial charge in [0.05, 0.1) is 5.69 Å². The molecule has 0 amide bonds. The molecule has 1 aromatic heterocycles. The Balaban J connectivity index is 2.23. The van der Waals surface area contributed by atoms with Crippen molar-refractivity contribution in [3.8, 4) is 11.6 Å². The monoisotopic (exact) mass is 249 g/mol. The number of rotatable bonds is 4. The highest BCUT2D eigenvalue weighted by Gasteiger charge is 2.04. The fraction of sp³-hybridized carbons (Fsp3) is 0.167. The van der Waals surface area contributed by atoms with Crippen molar-refractivity contribution in [3.05, 3.63) is 41.8 Å². The summed E-state index contributed by atoms with van der Waals surface area (Å²) < 4.78 is 5.64. The van der Waals surface area contributed by atoms with Crippen LogP contribution in [0, 0.1) is 0 Å². The van der Waals surface area contributed by atoms with Gasteiger partial charge in [0.1, 0.15) is 11.5 Å². The first-order valence-electron chi connectivity index (χ1n) is 5.28. The molecule has 1 N–H and O–H groups in total. The molecule has 17 heavy (non-hydrogen) atoms. The van der Waals surface area contributed by atoms with Gasteiger partial charge in [0, 0.05) is 12.6 Å². The van der Waals surface area contributed by atoms with Crippen molar-refractivity contribution >= 4 is 17.3 Å². The Morgan fingerprint density at radius 1 is 1.29 bits per heavy atom. The highest BCUT2D eigenvalue weighted by Crippen LogP contribution is 2.28. The molecule has 0 aliphatic carbocycles. The predicted octanol–water partition coefficient (Wildman–Crippen LogP) is 3.35. The number of benzene rings is 1. The number of ether oxygens (including phenoxy) is 1. The van der Waals surface area contributed by atoms with E-state index >= 15 is 0 Å². The van der Waals surface area contributed by atoms with Crippen LogP contribution in [-0.4, -0.2) is 16.5 Å². The topological polar surface area (TPSA) is 47.0 Å². The lowest BCUT2D eigenvalue weighted by atomic mass is 10.3. The summed E-state index contributed by atoms with van der Waals surface area (Å²) in [6, 6.07) is 9.23. The zero-order chi connectivity index (χ0) is 12.1. The van der Waals surface area contributed by atoms with Gasteiger partial charge in [-0.1, -0.05) is 23.7 Å². The molecular weight excluding hydrogens is 238 g/mol. The second-order valence-corrected chi connectivity index (χ2v) is 3.69. The molecule has 0 fully saturated rings. The van der Waals surface area contributed by atoms with Crippen LogP contribution in [0.3, 0.4) is 0 Å². The van der Waals surface area contributed by atoms with E-state index in [1.807, 2.05) is 31.2 Å². The van der Waals surface area contributed by atoms with E-state index < -0.39 is 0 Å². The van der Waals surface area contributed by atoms with Crippen molar-refractivity contribution in [1.82, 2.24) is 9.97 Å². The molecule has 2 rings (SSSR count). The second-order valence-electron chi connectivity index (χ2n) is 3.31. The van der Waals surface area contributed by atoms with Crippen molar-refractivity contribution in [1.29, 1.82) is 0 Å². The lowest BCUT2D eigenvalue weighted by Crippen LogP contribution is -1.99. The molecule has 0 atom stereocenters. The molecule has 0 saturated heterocycles. The number of hydrogen-bond donors (Lipinski definition) is 1. The van der Waals surface area contributed by atoms with Gasteiger partial charge < -0.3 is 10.1 Å². The van der Waals surface area contributed by atoms with E-state index in [2.05, 4.69) is 15.3 Å². The third-order valence-corrected chi connectivity index (χ3v) is 2.28. The van der Waals surface area contributed by atoms with Crippen molar-refractivity contribution in [2.45, 2.75) is 6.92 Å². The Morgan fingerprint density at radius 3 is 2.88 bits per heavy atom. The number of para-hydroxylation sites is 2. The summed E-state index contributed by atoms with van der Waals surface area (Å²) >= 11 is 5.77. The summed E-state index contributed by atoms with van der Waals surface area (Å²) in [5.41, 5.74) is 0.921. The average molecular weight is 250 g/mol. The Kier molecular flexibility index (Phi) is 3.77. The minimum absolute atomic E-state index is 0.357. The van der Waals surface area contributed by atoms with Crippen LogP contribution >= 0.6 is 11.6 Å². The smallest absolute Gasteiger partial charge is 0.223 e. The van der Waals surface area contributed by atoms with Gasteiger partial charge in [0.25, 0.3) is 0 Å². The van der Waals surface area contributed by atoms with Crippen LogP contribution in [0.5, 0.6) is 11.6 Å². The van der Waals surface area contributed by atoms with Gasteiger partial charge in [-0.25, -0.2) is 9.97 Å². The fourth-order valence-electron chi connectivity index (χ4n) is 1.38. The van der Waals surface area contributed by atoms with E-state index in [1.165, 1.54) is 6.33 Å². The molecule has 1 aromatic carbocycles. The van der Waals surface area contributed by atoms with Crippen LogP contribution in [-0.2, 0) is 0 Å². The first-order valence-corrected chi connectivity index (χ1v) is 5.65. The van der Waals surface area contributed by atoms with Crippen molar-refractivity contribution < 1.29 is 4.74 Å². The maximum absolute atomic E-state index is 5.77. The van der Waals surface area contributed by atoms with Gasteiger partial charge in [0.2, 0.25) is 5.88 Å². The molecule has 1 heterocycles. The minimum Gasteiger partial charge on any atom is -0.437 e. The number of anilines is 1. The van der Waals surface area contributed by atoms with Gasteiger partial charge >= 0.3 is 0 Å². The maximum atomic E-state index is 5.77. The van der Waals surface area contributed by atoms with Gasteiger partial charge in [-0.3, -0.25) is 0 Å². The third-order valence-electron chi connectivity index (χ3n) is 2.08. The number of hydrogen-bond acceptors (Lipinski definition) is 4. The highest BCUT2D eigenvalue weighted by atomic mass is 35.5. The summed E-state index contributed by atoms with van der Waals surface area (Å²) in [7, 11) is 0. The van der Waals surface area contributed by atoms with Crippen LogP contribution in [0.15, 0.2) is 36.7 Å². The maximum Gasteiger partial charge on any atom is 0.223 e. The van der Waals surface area contributed by atoms with E-state index in [4.69, 9.17) is 16.3 Å². The number of aromatic nitrogens is 2. The molecule has 0 aliphatic heterocycles. The zero-order valence-electron chi connectivity index (χ0n) is 9.35. The molecular formula is C12H12ClN3O. The van der Waals surface area contributed by atoms with Gasteiger partial charge in [-0.15, -0.1) is 0 Å². The number of nitrogens with one attached hydrogen (secondary N) is 1. The van der Waals surface area contributed by atoms with Crippen LogP contribution < -0.4 is 10.1 Å². The molecule has 88 valence electrons. The Morgan fingerprint density at radius 2 is 2.12 bits per heavy atom. The van der Waals surface area contributed by atoms with Crippen LogP contribution in [0.2, 0.25) is 5.15 Å². The Bertz CT molecular complexity index is 505. The summed E-state index contributed by atoms with van der Waals surface area (Å²) in [6.45, 7) is 2.85. The fourth-order valence-corrected chi connectivity index (χ4v) is 1.51. The van der Waals surface area contributed by atoms with Gasteiger partial charge in [-0.05, 0) is 19.1 Å². The molecule has 0 bridgehead atoms. The van der Waals surface area contributed by atoms with Gasteiger partial charge in [-0.2, -0.15) is 0 Å². The standard InChI is InChI=1S/C12H12ClN3O/c1-2-14-9-5-3-4-6-10(9)17-12-7-11(13)15-8-16-12/h3-8,14H,2H2,1H3. The molecule has 0 radical (unpaired) electrons. The normalized spacial score (nSPS) is 10.0.